The van der Waals surface area contributed by atoms with Crippen molar-refractivity contribution in [1.29, 1.82) is 0 Å². The molecule has 1 N–H and O–H groups in total. The van der Waals surface area contributed by atoms with Gasteiger partial charge in [0.25, 0.3) is 0 Å². The third-order valence-electron chi connectivity index (χ3n) is 4.85. The van der Waals surface area contributed by atoms with Crippen molar-refractivity contribution in [2.24, 2.45) is 4.99 Å². The van der Waals surface area contributed by atoms with E-state index in [-0.39, 0.29) is 0 Å². The summed E-state index contributed by atoms with van der Waals surface area (Å²) >= 11 is 1.81. The van der Waals surface area contributed by atoms with E-state index < -0.39 is 0 Å². The van der Waals surface area contributed by atoms with Crippen molar-refractivity contribution in [3.8, 4) is 0 Å². The number of para-hydroxylation sites is 1. The van der Waals surface area contributed by atoms with Gasteiger partial charge in [0.1, 0.15) is 0 Å². The van der Waals surface area contributed by atoms with E-state index in [0.29, 0.717) is 6.54 Å². The SMILES string of the molecule is CCNC(=NCc1cccc2cccnc12)N1CCN(c2cccs2)CC1. The molecule has 0 spiro atoms. The first-order valence-corrected chi connectivity index (χ1v) is 10.4. The number of anilines is 1. The molecule has 1 fully saturated rings. The highest BCUT2D eigenvalue weighted by Gasteiger charge is 2.20. The molecular formula is C21H25N5S. The quantitative estimate of drug-likeness (QED) is 0.556. The highest BCUT2D eigenvalue weighted by Crippen LogP contribution is 2.22. The first-order chi connectivity index (χ1) is 13.3. The number of benzene rings is 1. The van der Waals surface area contributed by atoms with Crippen molar-refractivity contribution >= 4 is 33.2 Å². The number of nitrogens with zero attached hydrogens (tertiary/aromatic N) is 4. The average molecular weight is 380 g/mol. The minimum atomic E-state index is 0.641. The third kappa shape index (κ3) is 4.06. The lowest BCUT2D eigenvalue weighted by Gasteiger charge is -2.37. The summed E-state index contributed by atoms with van der Waals surface area (Å²) in [6.45, 7) is 7.66. The van der Waals surface area contributed by atoms with Crippen molar-refractivity contribution in [2.45, 2.75) is 13.5 Å². The molecule has 0 radical (unpaired) electrons. The minimum absolute atomic E-state index is 0.641. The van der Waals surface area contributed by atoms with Gasteiger partial charge >= 0.3 is 0 Å². The Labute approximate surface area is 164 Å². The van der Waals surface area contributed by atoms with Gasteiger partial charge in [-0.15, -0.1) is 11.3 Å². The average Bonchev–Trinajstić information content (AvgIpc) is 3.26. The number of thiophene rings is 1. The summed E-state index contributed by atoms with van der Waals surface area (Å²) in [7, 11) is 0. The van der Waals surface area contributed by atoms with Crippen molar-refractivity contribution < 1.29 is 0 Å². The second-order valence-corrected chi connectivity index (χ2v) is 7.51. The fraction of sp³-hybridized carbons (Fsp3) is 0.333. The van der Waals surface area contributed by atoms with Crippen LogP contribution in [0.25, 0.3) is 10.9 Å². The molecule has 0 unspecified atom stereocenters. The second kappa shape index (κ2) is 8.39. The molecule has 140 valence electrons. The van der Waals surface area contributed by atoms with Crippen LogP contribution in [-0.4, -0.2) is 48.6 Å². The number of nitrogens with one attached hydrogen (secondary N) is 1. The van der Waals surface area contributed by atoms with Gasteiger partial charge in [0.15, 0.2) is 5.96 Å². The van der Waals surface area contributed by atoms with Gasteiger partial charge in [-0.2, -0.15) is 0 Å². The maximum Gasteiger partial charge on any atom is 0.194 e. The molecular weight excluding hydrogens is 354 g/mol. The van der Waals surface area contributed by atoms with Crippen molar-refractivity contribution in [3.63, 3.8) is 0 Å². The van der Waals surface area contributed by atoms with Crippen LogP contribution in [0.15, 0.2) is 59.0 Å². The van der Waals surface area contributed by atoms with Crippen LogP contribution in [0, 0.1) is 0 Å². The van der Waals surface area contributed by atoms with Crippen LogP contribution in [0.2, 0.25) is 0 Å². The van der Waals surface area contributed by atoms with Gasteiger partial charge in [-0.1, -0.05) is 24.3 Å². The van der Waals surface area contributed by atoms with E-state index in [1.54, 1.807) is 0 Å². The number of aromatic nitrogens is 1. The van der Waals surface area contributed by atoms with Gasteiger partial charge in [-0.25, -0.2) is 4.99 Å². The number of piperazine rings is 1. The summed E-state index contributed by atoms with van der Waals surface area (Å²) in [6.07, 6.45) is 1.85. The van der Waals surface area contributed by atoms with Gasteiger partial charge in [0, 0.05) is 44.3 Å². The Morgan fingerprint density at radius 3 is 2.74 bits per heavy atom. The van der Waals surface area contributed by atoms with E-state index in [2.05, 4.69) is 68.8 Å². The maximum absolute atomic E-state index is 4.92. The Morgan fingerprint density at radius 1 is 1.11 bits per heavy atom. The number of pyridine rings is 1. The molecule has 0 saturated carbocycles. The maximum atomic E-state index is 4.92. The van der Waals surface area contributed by atoms with Gasteiger partial charge in [-0.3, -0.25) is 4.98 Å². The van der Waals surface area contributed by atoms with Crippen LogP contribution in [0.4, 0.5) is 5.00 Å². The molecule has 1 aliphatic heterocycles. The molecule has 1 aliphatic rings. The topological polar surface area (TPSA) is 43.8 Å². The predicted octanol–water partition coefficient (Wildman–Crippen LogP) is 3.58. The molecule has 1 aromatic carbocycles. The first-order valence-electron chi connectivity index (χ1n) is 9.49. The molecule has 3 heterocycles. The molecule has 0 atom stereocenters. The lowest BCUT2D eigenvalue weighted by Crippen LogP contribution is -2.52. The smallest absolute Gasteiger partial charge is 0.194 e. The van der Waals surface area contributed by atoms with E-state index in [4.69, 9.17) is 4.99 Å². The number of guanidine groups is 1. The van der Waals surface area contributed by atoms with Crippen LogP contribution < -0.4 is 10.2 Å². The Kier molecular flexibility index (Phi) is 5.53. The number of rotatable bonds is 4. The summed E-state index contributed by atoms with van der Waals surface area (Å²) in [6, 6.07) is 14.7. The molecule has 3 aromatic rings. The minimum Gasteiger partial charge on any atom is -0.360 e. The molecule has 2 aromatic heterocycles. The molecule has 0 bridgehead atoms. The molecule has 6 heteroatoms. The van der Waals surface area contributed by atoms with E-state index in [1.165, 1.54) is 16.0 Å². The Hall–Kier alpha value is -2.60. The predicted molar refractivity (Wildman–Crippen MR) is 115 cm³/mol. The van der Waals surface area contributed by atoms with Crippen LogP contribution in [0.3, 0.4) is 0 Å². The lowest BCUT2D eigenvalue weighted by molar-refractivity contribution is 0.373. The monoisotopic (exact) mass is 379 g/mol. The lowest BCUT2D eigenvalue weighted by atomic mass is 10.1. The van der Waals surface area contributed by atoms with Gasteiger partial charge in [0.05, 0.1) is 17.1 Å². The first kappa shape index (κ1) is 17.8. The van der Waals surface area contributed by atoms with Crippen LogP contribution >= 0.6 is 11.3 Å². The van der Waals surface area contributed by atoms with Crippen LogP contribution in [0.5, 0.6) is 0 Å². The summed E-state index contributed by atoms with van der Waals surface area (Å²) in [5, 5.41) is 8.13. The van der Waals surface area contributed by atoms with Gasteiger partial charge in [0.2, 0.25) is 0 Å². The van der Waals surface area contributed by atoms with Gasteiger partial charge < -0.3 is 15.1 Å². The fourth-order valence-corrected chi connectivity index (χ4v) is 4.25. The summed E-state index contributed by atoms with van der Waals surface area (Å²) in [5.74, 6) is 0.997. The number of hydrogen-bond donors (Lipinski definition) is 1. The van der Waals surface area contributed by atoms with Gasteiger partial charge in [-0.05, 0) is 36.1 Å². The molecule has 4 rings (SSSR count). The van der Waals surface area contributed by atoms with Crippen LogP contribution in [0.1, 0.15) is 12.5 Å². The summed E-state index contributed by atoms with van der Waals surface area (Å²) in [4.78, 5) is 14.3. The normalized spacial score (nSPS) is 15.4. The largest absolute Gasteiger partial charge is 0.360 e. The molecule has 0 aliphatic carbocycles. The second-order valence-electron chi connectivity index (χ2n) is 6.59. The zero-order valence-electron chi connectivity index (χ0n) is 15.6. The summed E-state index contributed by atoms with van der Waals surface area (Å²) in [5.41, 5.74) is 2.21. The van der Waals surface area contributed by atoms with Crippen molar-refractivity contribution in [1.82, 2.24) is 15.2 Å². The zero-order valence-corrected chi connectivity index (χ0v) is 16.5. The molecule has 1 saturated heterocycles. The molecule has 27 heavy (non-hydrogen) atoms. The molecule has 0 amide bonds. The number of aliphatic imine (C=N–C) groups is 1. The highest BCUT2D eigenvalue weighted by molar-refractivity contribution is 7.14. The zero-order chi connectivity index (χ0) is 18.5. The van der Waals surface area contributed by atoms with E-state index in [0.717, 1.165) is 44.2 Å². The third-order valence-corrected chi connectivity index (χ3v) is 5.78. The van der Waals surface area contributed by atoms with E-state index in [9.17, 15) is 0 Å². The van der Waals surface area contributed by atoms with Crippen molar-refractivity contribution in [2.75, 3.05) is 37.6 Å². The fourth-order valence-electron chi connectivity index (χ4n) is 3.47. The standard InChI is InChI=1S/C21H25N5S/c1-2-22-21(26-13-11-25(12-14-26)19-9-5-15-27-19)24-16-18-7-3-6-17-8-4-10-23-20(17)18/h3-10,15H,2,11-14,16H2,1H3,(H,22,24). The number of hydrogen-bond acceptors (Lipinski definition) is 4. The van der Waals surface area contributed by atoms with E-state index >= 15 is 0 Å². The Morgan fingerprint density at radius 2 is 1.96 bits per heavy atom. The molecule has 5 nitrogen and oxygen atoms in total. The Balaban J connectivity index is 1.47. The highest BCUT2D eigenvalue weighted by atomic mass is 32.1. The summed E-state index contributed by atoms with van der Waals surface area (Å²) < 4.78 is 0. The van der Waals surface area contributed by atoms with Crippen LogP contribution in [-0.2, 0) is 6.54 Å². The van der Waals surface area contributed by atoms with E-state index in [1.807, 2.05) is 23.6 Å². The van der Waals surface area contributed by atoms with Crippen molar-refractivity contribution in [3.05, 3.63) is 59.6 Å². The Bertz CT molecular complexity index is 893. The number of fused-ring (bicyclic) bond motifs is 1.